The molecule has 27 heavy (non-hydrogen) atoms. The van der Waals surface area contributed by atoms with Gasteiger partial charge in [0.15, 0.2) is 5.82 Å². The minimum absolute atomic E-state index is 0.0793. The number of nitrogens with zero attached hydrogens (tertiary/aromatic N) is 3. The van der Waals surface area contributed by atoms with Gasteiger partial charge < -0.3 is 15.9 Å². The molecule has 3 N–H and O–H groups in total. The number of carbonyl (C=O) groups is 1. The number of carbonyl (C=O) groups excluding carboxylic acids is 1. The summed E-state index contributed by atoms with van der Waals surface area (Å²) in [5.41, 5.74) is 1.03. The molecule has 0 aliphatic carbocycles. The van der Waals surface area contributed by atoms with E-state index in [0.29, 0.717) is 23.3 Å². The van der Waals surface area contributed by atoms with Crippen molar-refractivity contribution in [2.45, 2.75) is 18.3 Å². The van der Waals surface area contributed by atoms with Crippen LogP contribution >= 0.6 is 11.8 Å². The van der Waals surface area contributed by atoms with Crippen LogP contribution in [0.3, 0.4) is 0 Å². The topological polar surface area (TPSA) is 95.1 Å². The predicted octanol–water partition coefficient (Wildman–Crippen LogP) is 2.12. The number of halogens is 1. The largest absolute Gasteiger partial charge is 0.486 e. The van der Waals surface area contributed by atoms with Gasteiger partial charge in [-0.05, 0) is 29.8 Å². The molecule has 0 fully saturated rings. The van der Waals surface area contributed by atoms with Gasteiger partial charge in [0.05, 0.1) is 5.75 Å². The Labute approximate surface area is 159 Å². The summed E-state index contributed by atoms with van der Waals surface area (Å²) in [6.45, 7) is 0.544. The molecule has 1 heterocycles. The molecular formula is C18H18FN5O2S. The Morgan fingerprint density at radius 1 is 1.15 bits per heavy atom. The summed E-state index contributed by atoms with van der Waals surface area (Å²) in [4.78, 5) is 12.0. The van der Waals surface area contributed by atoms with Crippen LogP contribution in [0.4, 0.5) is 4.39 Å². The maximum atomic E-state index is 12.9. The number of rotatable bonds is 8. The van der Waals surface area contributed by atoms with Crippen LogP contribution in [0.5, 0.6) is 5.75 Å². The Balaban J connectivity index is 1.46. The van der Waals surface area contributed by atoms with Crippen LogP contribution in [0.15, 0.2) is 59.8 Å². The molecule has 3 aromatic rings. The van der Waals surface area contributed by atoms with E-state index in [4.69, 9.17) is 10.6 Å². The lowest BCUT2D eigenvalue weighted by atomic mass is 10.2. The molecule has 0 aliphatic heterocycles. The average molecular weight is 387 g/mol. The molecule has 1 amide bonds. The Kier molecular flexibility index (Phi) is 6.26. The summed E-state index contributed by atoms with van der Waals surface area (Å²) < 4.78 is 19.7. The molecule has 0 saturated heterocycles. The highest BCUT2D eigenvalue weighted by molar-refractivity contribution is 7.99. The van der Waals surface area contributed by atoms with E-state index in [0.717, 1.165) is 5.56 Å². The van der Waals surface area contributed by atoms with E-state index in [-0.39, 0.29) is 24.1 Å². The number of aromatic nitrogens is 3. The number of hydrogen-bond acceptors (Lipinski definition) is 6. The fraction of sp³-hybridized carbons (Fsp3) is 0.167. The second-order valence-electron chi connectivity index (χ2n) is 5.56. The molecule has 7 nitrogen and oxygen atoms in total. The van der Waals surface area contributed by atoms with Crippen molar-refractivity contribution in [3.05, 3.63) is 71.8 Å². The van der Waals surface area contributed by atoms with Crippen LogP contribution in [0.1, 0.15) is 11.4 Å². The van der Waals surface area contributed by atoms with Gasteiger partial charge in [0.1, 0.15) is 18.2 Å². The maximum Gasteiger partial charge on any atom is 0.230 e. The standard InChI is InChI=1S/C18H18FN5O2S/c19-14-6-8-15(9-7-14)26-11-16-22-23-18(24(16)20)27-12-17(25)21-10-13-4-2-1-3-5-13/h1-9H,10-12,20H2,(H,21,25). The molecule has 0 unspecified atom stereocenters. The van der Waals surface area contributed by atoms with Crippen LogP contribution in [-0.2, 0) is 17.9 Å². The van der Waals surface area contributed by atoms with Crippen LogP contribution in [0.2, 0.25) is 0 Å². The number of benzene rings is 2. The maximum absolute atomic E-state index is 12.9. The third kappa shape index (κ3) is 5.45. The number of nitrogens with one attached hydrogen (secondary N) is 1. The number of ether oxygens (including phenoxy) is 1. The third-order valence-electron chi connectivity index (χ3n) is 3.58. The van der Waals surface area contributed by atoms with E-state index in [1.165, 1.54) is 40.7 Å². The zero-order valence-corrected chi connectivity index (χ0v) is 15.2. The Hall–Kier alpha value is -3.07. The van der Waals surface area contributed by atoms with E-state index in [1.54, 1.807) is 0 Å². The first-order chi connectivity index (χ1) is 13.1. The van der Waals surface area contributed by atoms with E-state index in [1.807, 2.05) is 30.3 Å². The highest BCUT2D eigenvalue weighted by Crippen LogP contribution is 2.16. The molecule has 0 atom stereocenters. The summed E-state index contributed by atoms with van der Waals surface area (Å²) in [6.07, 6.45) is 0. The molecule has 0 saturated carbocycles. The summed E-state index contributed by atoms with van der Waals surface area (Å²) in [5.74, 6) is 6.53. The van der Waals surface area contributed by atoms with Gasteiger partial charge in [-0.15, -0.1) is 10.2 Å². The molecule has 0 spiro atoms. The summed E-state index contributed by atoms with van der Waals surface area (Å²) in [5, 5.41) is 11.2. The van der Waals surface area contributed by atoms with Gasteiger partial charge in [-0.1, -0.05) is 42.1 Å². The number of nitrogen functional groups attached to an aromatic ring is 1. The summed E-state index contributed by atoms with van der Waals surface area (Å²) in [7, 11) is 0. The first-order valence-electron chi connectivity index (χ1n) is 8.13. The Morgan fingerprint density at radius 2 is 1.89 bits per heavy atom. The van der Waals surface area contributed by atoms with E-state index >= 15 is 0 Å². The lowest BCUT2D eigenvalue weighted by Crippen LogP contribution is -2.25. The van der Waals surface area contributed by atoms with Crippen molar-refractivity contribution in [3.8, 4) is 5.75 Å². The van der Waals surface area contributed by atoms with Gasteiger partial charge in [0, 0.05) is 6.54 Å². The molecule has 0 bridgehead atoms. The fourth-order valence-electron chi connectivity index (χ4n) is 2.16. The highest BCUT2D eigenvalue weighted by Gasteiger charge is 2.13. The molecule has 1 aromatic heterocycles. The van der Waals surface area contributed by atoms with Gasteiger partial charge in [0.2, 0.25) is 11.1 Å². The molecular weight excluding hydrogens is 369 g/mol. The second kappa shape index (κ2) is 9.04. The van der Waals surface area contributed by atoms with Gasteiger partial charge >= 0.3 is 0 Å². The first kappa shape index (κ1) is 18.7. The normalized spacial score (nSPS) is 10.6. The fourth-order valence-corrected chi connectivity index (χ4v) is 2.87. The summed E-state index contributed by atoms with van der Waals surface area (Å²) in [6, 6.07) is 15.3. The van der Waals surface area contributed by atoms with Gasteiger partial charge in [-0.2, -0.15) is 0 Å². The molecule has 9 heteroatoms. The van der Waals surface area contributed by atoms with Crippen LogP contribution in [-0.4, -0.2) is 26.5 Å². The van der Waals surface area contributed by atoms with Crippen molar-refractivity contribution < 1.29 is 13.9 Å². The minimum Gasteiger partial charge on any atom is -0.486 e. The van der Waals surface area contributed by atoms with Gasteiger partial charge in [0.25, 0.3) is 0 Å². The molecule has 0 aliphatic rings. The zero-order valence-electron chi connectivity index (χ0n) is 14.3. The van der Waals surface area contributed by atoms with Crippen molar-refractivity contribution in [2.24, 2.45) is 0 Å². The Morgan fingerprint density at radius 3 is 2.63 bits per heavy atom. The van der Waals surface area contributed by atoms with Crippen LogP contribution in [0, 0.1) is 5.82 Å². The number of nitrogens with two attached hydrogens (primary N) is 1. The smallest absolute Gasteiger partial charge is 0.230 e. The second-order valence-corrected chi connectivity index (χ2v) is 6.50. The number of amides is 1. The molecule has 3 rings (SSSR count). The van der Waals surface area contributed by atoms with Crippen LogP contribution < -0.4 is 15.9 Å². The van der Waals surface area contributed by atoms with E-state index in [9.17, 15) is 9.18 Å². The number of hydrogen-bond donors (Lipinski definition) is 2. The lowest BCUT2D eigenvalue weighted by Gasteiger charge is -2.07. The molecule has 2 aromatic carbocycles. The van der Waals surface area contributed by atoms with Crippen molar-refractivity contribution >= 4 is 17.7 Å². The summed E-state index contributed by atoms with van der Waals surface area (Å²) >= 11 is 1.18. The highest BCUT2D eigenvalue weighted by atomic mass is 32.2. The monoisotopic (exact) mass is 387 g/mol. The molecule has 0 radical (unpaired) electrons. The molecule has 140 valence electrons. The van der Waals surface area contributed by atoms with Crippen LogP contribution in [0.25, 0.3) is 0 Å². The minimum atomic E-state index is -0.339. The van der Waals surface area contributed by atoms with Crippen molar-refractivity contribution in [1.82, 2.24) is 20.2 Å². The third-order valence-corrected chi connectivity index (χ3v) is 4.52. The quantitative estimate of drug-likeness (QED) is 0.454. The first-order valence-corrected chi connectivity index (χ1v) is 9.11. The van der Waals surface area contributed by atoms with E-state index < -0.39 is 0 Å². The Bertz CT molecular complexity index is 887. The van der Waals surface area contributed by atoms with Gasteiger partial charge in [-0.3, -0.25) is 4.79 Å². The van der Waals surface area contributed by atoms with Crippen molar-refractivity contribution in [1.29, 1.82) is 0 Å². The van der Waals surface area contributed by atoms with Crippen molar-refractivity contribution in [3.63, 3.8) is 0 Å². The van der Waals surface area contributed by atoms with E-state index in [2.05, 4.69) is 15.5 Å². The number of thioether (sulfide) groups is 1. The zero-order chi connectivity index (χ0) is 19.1. The van der Waals surface area contributed by atoms with Gasteiger partial charge in [-0.25, -0.2) is 9.07 Å². The van der Waals surface area contributed by atoms with Crippen molar-refractivity contribution in [2.75, 3.05) is 11.6 Å². The predicted molar refractivity (Wildman–Crippen MR) is 99.9 cm³/mol. The average Bonchev–Trinajstić information content (AvgIpc) is 3.05. The lowest BCUT2D eigenvalue weighted by molar-refractivity contribution is -0.118. The SMILES string of the molecule is Nn1c(COc2ccc(F)cc2)nnc1SCC(=O)NCc1ccccc1.